The van der Waals surface area contributed by atoms with Gasteiger partial charge in [0.05, 0.1) is 23.6 Å². The lowest BCUT2D eigenvalue weighted by Gasteiger charge is -2.13. The van der Waals surface area contributed by atoms with Gasteiger partial charge in [0.25, 0.3) is 0 Å². The van der Waals surface area contributed by atoms with Crippen LogP contribution < -0.4 is 0 Å². The van der Waals surface area contributed by atoms with Crippen LogP contribution in [0.1, 0.15) is 29.8 Å². The van der Waals surface area contributed by atoms with Gasteiger partial charge in [0.15, 0.2) is 0 Å². The van der Waals surface area contributed by atoms with Crippen LogP contribution in [0, 0.1) is 0 Å². The number of aryl methyl sites for hydroxylation is 1. The first-order valence-corrected chi connectivity index (χ1v) is 6.33. The van der Waals surface area contributed by atoms with Gasteiger partial charge in [-0.2, -0.15) is 0 Å². The van der Waals surface area contributed by atoms with Gasteiger partial charge >= 0.3 is 0 Å². The van der Waals surface area contributed by atoms with Gasteiger partial charge in [0.2, 0.25) is 0 Å². The molecule has 2 aromatic rings. The molecular formula is C13H14ClN3. The van der Waals surface area contributed by atoms with Crippen LogP contribution in [0.15, 0.2) is 24.8 Å². The molecule has 4 heteroatoms. The molecule has 2 heterocycles. The van der Waals surface area contributed by atoms with Crippen LogP contribution in [0.5, 0.6) is 0 Å². The van der Waals surface area contributed by atoms with E-state index in [9.17, 15) is 0 Å². The highest BCUT2D eigenvalue weighted by molar-refractivity contribution is 6.30. The molecule has 3 rings (SSSR count). The zero-order valence-electron chi connectivity index (χ0n) is 9.56. The Kier molecular flexibility index (Phi) is 2.85. The van der Waals surface area contributed by atoms with Gasteiger partial charge < -0.3 is 4.57 Å². The molecule has 0 N–H and O–H groups in total. The molecule has 88 valence electrons. The maximum Gasteiger partial charge on any atom is 0.0954 e. The number of nitrogens with zero attached hydrogens (tertiary/aromatic N) is 3. The van der Waals surface area contributed by atoms with Gasteiger partial charge in [0.1, 0.15) is 0 Å². The number of hydrogen-bond acceptors (Lipinski definition) is 2. The molecular weight excluding hydrogens is 234 g/mol. The predicted octanol–water partition coefficient (Wildman–Crippen LogP) is 2.86. The van der Waals surface area contributed by atoms with Crippen LogP contribution in [0.2, 0.25) is 5.02 Å². The molecule has 0 atom stereocenters. The third-order valence-corrected chi connectivity index (χ3v) is 3.43. The highest BCUT2D eigenvalue weighted by Crippen LogP contribution is 2.21. The molecule has 0 amide bonds. The summed E-state index contributed by atoms with van der Waals surface area (Å²) in [4.78, 5) is 8.60. The normalized spacial score (nSPS) is 14.6. The first kappa shape index (κ1) is 10.8. The van der Waals surface area contributed by atoms with E-state index in [4.69, 9.17) is 11.6 Å². The highest BCUT2D eigenvalue weighted by Gasteiger charge is 2.15. The molecule has 0 saturated heterocycles. The lowest BCUT2D eigenvalue weighted by Crippen LogP contribution is -2.09. The summed E-state index contributed by atoms with van der Waals surface area (Å²) in [7, 11) is 0. The summed E-state index contributed by atoms with van der Waals surface area (Å²) in [5, 5.41) is 0.691. The number of imidazole rings is 1. The topological polar surface area (TPSA) is 30.7 Å². The first-order valence-electron chi connectivity index (χ1n) is 5.95. The van der Waals surface area contributed by atoms with E-state index in [1.807, 2.05) is 18.6 Å². The SMILES string of the molecule is Clc1cncc(Cn2cnc3c2CCCC3)c1. The molecule has 0 fully saturated rings. The van der Waals surface area contributed by atoms with Crippen molar-refractivity contribution in [3.05, 3.63) is 46.8 Å². The monoisotopic (exact) mass is 247 g/mol. The third kappa shape index (κ3) is 2.20. The summed E-state index contributed by atoms with van der Waals surface area (Å²) in [6.45, 7) is 0.815. The van der Waals surface area contributed by atoms with Crippen molar-refractivity contribution in [2.45, 2.75) is 32.2 Å². The van der Waals surface area contributed by atoms with E-state index in [2.05, 4.69) is 14.5 Å². The van der Waals surface area contributed by atoms with E-state index >= 15 is 0 Å². The summed E-state index contributed by atoms with van der Waals surface area (Å²) in [6.07, 6.45) is 10.3. The van der Waals surface area contributed by atoms with Crippen molar-refractivity contribution >= 4 is 11.6 Å². The molecule has 0 spiro atoms. The number of halogens is 1. The van der Waals surface area contributed by atoms with Gasteiger partial charge in [-0.25, -0.2) is 4.98 Å². The van der Waals surface area contributed by atoms with Crippen molar-refractivity contribution < 1.29 is 0 Å². The molecule has 2 aromatic heterocycles. The maximum absolute atomic E-state index is 5.94. The van der Waals surface area contributed by atoms with Crippen LogP contribution in [-0.4, -0.2) is 14.5 Å². The van der Waals surface area contributed by atoms with Crippen molar-refractivity contribution in [3.8, 4) is 0 Å². The van der Waals surface area contributed by atoms with E-state index in [0.717, 1.165) is 24.9 Å². The van der Waals surface area contributed by atoms with E-state index in [0.29, 0.717) is 5.02 Å². The minimum atomic E-state index is 0.691. The summed E-state index contributed by atoms with van der Waals surface area (Å²) in [5.74, 6) is 0. The predicted molar refractivity (Wildman–Crippen MR) is 67.2 cm³/mol. The molecule has 0 saturated carbocycles. The van der Waals surface area contributed by atoms with Gasteiger partial charge in [-0.05, 0) is 37.3 Å². The molecule has 0 aliphatic heterocycles. The number of hydrogen-bond donors (Lipinski definition) is 0. The molecule has 1 aliphatic carbocycles. The fourth-order valence-corrected chi connectivity index (χ4v) is 2.60. The molecule has 0 bridgehead atoms. The molecule has 1 aliphatic rings. The van der Waals surface area contributed by atoms with Crippen molar-refractivity contribution in [2.24, 2.45) is 0 Å². The average Bonchev–Trinajstić information content (AvgIpc) is 2.73. The fraction of sp³-hybridized carbons (Fsp3) is 0.385. The Labute approximate surface area is 105 Å². The Morgan fingerprint density at radius 3 is 3.00 bits per heavy atom. The number of pyridine rings is 1. The summed E-state index contributed by atoms with van der Waals surface area (Å²) in [5.41, 5.74) is 3.78. The van der Waals surface area contributed by atoms with E-state index in [1.165, 1.54) is 24.2 Å². The Bertz CT molecular complexity index is 533. The standard InChI is InChI=1S/C13H14ClN3/c14-11-5-10(6-15-7-11)8-17-9-16-12-3-1-2-4-13(12)17/h5-7,9H,1-4,8H2. The fourth-order valence-electron chi connectivity index (χ4n) is 2.41. The lowest BCUT2D eigenvalue weighted by molar-refractivity contribution is 0.628. The second-order valence-electron chi connectivity index (χ2n) is 4.48. The van der Waals surface area contributed by atoms with E-state index in [-0.39, 0.29) is 0 Å². The second-order valence-corrected chi connectivity index (χ2v) is 4.92. The maximum atomic E-state index is 5.94. The highest BCUT2D eigenvalue weighted by atomic mass is 35.5. The van der Waals surface area contributed by atoms with Crippen LogP contribution in [0.25, 0.3) is 0 Å². The van der Waals surface area contributed by atoms with Crippen LogP contribution in [0.4, 0.5) is 0 Å². The Morgan fingerprint density at radius 1 is 1.24 bits per heavy atom. The van der Waals surface area contributed by atoms with Gasteiger partial charge in [0, 0.05) is 18.1 Å². The van der Waals surface area contributed by atoms with Crippen LogP contribution in [0.3, 0.4) is 0 Å². The summed E-state index contributed by atoms with van der Waals surface area (Å²) < 4.78 is 2.22. The van der Waals surface area contributed by atoms with E-state index < -0.39 is 0 Å². The zero-order valence-corrected chi connectivity index (χ0v) is 10.3. The minimum Gasteiger partial charge on any atom is -0.330 e. The minimum absolute atomic E-state index is 0.691. The Hall–Kier alpha value is -1.35. The van der Waals surface area contributed by atoms with E-state index in [1.54, 1.807) is 6.20 Å². The quantitative estimate of drug-likeness (QED) is 0.817. The van der Waals surface area contributed by atoms with Crippen LogP contribution >= 0.6 is 11.6 Å². The first-order chi connectivity index (χ1) is 8.33. The lowest BCUT2D eigenvalue weighted by atomic mass is 10.0. The number of rotatable bonds is 2. The molecule has 17 heavy (non-hydrogen) atoms. The molecule has 3 nitrogen and oxygen atoms in total. The second kappa shape index (κ2) is 4.49. The molecule has 0 radical (unpaired) electrons. The third-order valence-electron chi connectivity index (χ3n) is 3.22. The Morgan fingerprint density at radius 2 is 2.12 bits per heavy atom. The molecule has 0 aromatic carbocycles. The molecule has 0 unspecified atom stereocenters. The van der Waals surface area contributed by atoms with Crippen LogP contribution in [-0.2, 0) is 19.4 Å². The summed E-state index contributed by atoms with van der Waals surface area (Å²) in [6, 6.07) is 1.96. The van der Waals surface area contributed by atoms with Gasteiger partial charge in [-0.3, -0.25) is 4.98 Å². The number of aromatic nitrogens is 3. The van der Waals surface area contributed by atoms with Crippen molar-refractivity contribution in [3.63, 3.8) is 0 Å². The van der Waals surface area contributed by atoms with Crippen molar-refractivity contribution in [1.29, 1.82) is 0 Å². The van der Waals surface area contributed by atoms with Crippen molar-refractivity contribution in [2.75, 3.05) is 0 Å². The Balaban J connectivity index is 1.88. The van der Waals surface area contributed by atoms with Gasteiger partial charge in [-0.1, -0.05) is 11.6 Å². The number of fused-ring (bicyclic) bond motifs is 1. The van der Waals surface area contributed by atoms with Crippen molar-refractivity contribution in [1.82, 2.24) is 14.5 Å². The largest absolute Gasteiger partial charge is 0.330 e. The zero-order chi connectivity index (χ0) is 11.7. The smallest absolute Gasteiger partial charge is 0.0954 e. The average molecular weight is 248 g/mol. The summed E-state index contributed by atoms with van der Waals surface area (Å²) >= 11 is 5.94. The van der Waals surface area contributed by atoms with Gasteiger partial charge in [-0.15, -0.1) is 0 Å².